The Balaban J connectivity index is 2.12. The van der Waals surface area contributed by atoms with Gasteiger partial charge in [-0.05, 0) is 43.3 Å². The molecule has 0 saturated carbocycles. The van der Waals surface area contributed by atoms with E-state index >= 15 is 0 Å². The van der Waals surface area contributed by atoms with E-state index in [0.29, 0.717) is 11.3 Å². The van der Waals surface area contributed by atoms with Gasteiger partial charge in [0.05, 0.1) is 0 Å². The van der Waals surface area contributed by atoms with Crippen LogP contribution in [0.4, 0.5) is 5.69 Å². The Bertz CT molecular complexity index is 671. The molecule has 1 amide bonds. The van der Waals surface area contributed by atoms with E-state index in [9.17, 15) is 9.59 Å². The van der Waals surface area contributed by atoms with Gasteiger partial charge in [0.2, 0.25) is 5.91 Å². The average molecular weight is 285 g/mol. The first kappa shape index (κ1) is 14.2. The molecule has 0 atom stereocenters. The predicted molar refractivity (Wildman–Crippen MR) is 83.2 cm³/mol. The lowest BCUT2D eigenvalue weighted by atomic mass is 10.1. The zero-order valence-corrected chi connectivity index (χ0v) is 12.2. The van der Waals surface area contributed by atoms with Crippen LogP contribution in [0.5, 0.6) is 0 Å². The van der Waals surface area contributed by atoms with Crippen molar-refractivity contribution < 1.29 is 9.59 Å². The van der Waals surface area contributed by atoms with E-state index < -0.39 is 0 Å². The Kier molecular flexibility index (Phi) is 4.48. The van der Waals surface area contributed by atoms with Crippen LogP contribution in [0.25, 0.3) is 6.08 Å². The molecule has 102 valence electrons. The number of benzene rings is 1. The molecule has 0 saturated heterocycles. The summed E-state index contributed by atoms with van der Waals surface area (Å²) in [5, 5.41) is 2.66. The second-order valence-electron chi connectivity index (χ2n) is 4.41. The Labute approximate surface area is 122 Å². The number of aryl methyl sites for hydroxylation is 1. The van der Waals surface area contributed by atoms with Crippen LogP contribution in [0.15, 0.2) is 42.5 Å². The monoisotopic (exact) mass is 285 g/mol. The first-order chi connectivity index (χ1) is 9.54. The molecule has 0 aliphatic rings. The van der Waals surface area contributed by atoms with E-state index in [1.54, 1.807) is 41.7 Å². The number of ketones is 1. The van der Waals surface area contributed by atoms with Gasteiger partial charge in [-0.1, -0.05) is 12.1 Å². The third-order valence-electron chi connectivity index (χ3n) is 2.63. The molecule has 3 nitrogen and oxygen atoms in total. The number of carbonyl (C=O) groups excluding carboxylic acids is 2. The van der Waals surface area contributed by atoms with E-state index in [1.165, 1.54) is 11.8 Å². The number of anilines is 1. The van der Waals surface area contributed by atoms with Gasteiger partial charge in [0.25, 0.3) is 0 Å². The summed E-state index contributed by atoms with van der Waals surface area (Å²) >= 11 is 1.64. The lowest BCUT2D eigenvalue weighted by Gasteiger charge is -2.03. The molecular weight excluding hydrogens is 270 g/mol. The van der Waals surface area contributed by atoms with Crippen molar-refractivity contribution in [3.8, 4) is 0 Å². The Morgan fingerprint density at radius 3 is 2.65 bits per heavy atom. The summed E-state index contributed by atoms with van der Waals surface area (Å²) < 4.78 is 0. The van der Waals surface area contributed by atoms with Gasteiger partial charge >= 0.3 is 0 Å². The van der Waals surface area contributed by atoms with Crippen molar-refractivity contribution in [2.75, 3.05) is 5.32 Å². The number of hydrogen-bond acceptors (Lipinski definition) is 3. The van der Waals surface area contributed by atoms with Gasteiger partial charge in [0, 0.05) is 27.9 Å². The summed E-state index contributed by atoms with van der Waals surface area (Å²) in [5.41, 5.74) is 1.18. The number of amides is 1. The minimum atomic E-state index is -0.154. The summed E-state index contributed by atoms with van der Waals surface area (Å²) in [6.45, 7) is 3.47. The molecule has 0 spiro atoms. The van der Waals surface area contributed by atoms with Gasteiger partial charge in [-0.15, -0.1) is 11.3 Å². The molecule has 4 heteroatoms. The molecule has 0 aliphatic carbocycles. The first-order valence-corrected chi connectivity index (χ1v) is 7.03. The van der Waals surface area contributed by atoms with Crippen molar-refractivity contribution in [1.82, 2.24) is 0 Å². The number of rotatable bonds is 4. The second-order valence-corrected chi connectivity index (χ2v) is 5.73. The maximum absolute atomic E-state index is 12.1. The van der Waals surface area contributed by atoms with Crippen molar-refractivity contribution in [1.29, 1.82) is 0 Å². The zero-order chi connectivity index (χ0) is 14.5. The Morgan fingerprint density at radius 2 is 2.00 bits per heavy atom. The molecule has 1 aromatic heterocycles. The minimum absolute atomic E-state index is 0.0803. The molecule has 2 aromatic rings. The zero-order valence-electron chi connectivity index (χ0n) is 11.3. The molecular formula is C16H15NO2S. The van der Waals surface area contributed by atoms with Crippen LogP contribution in [0.2, 0.25) is 0 Å². The summed E-state index contributed by atoms with van der Waals surface area (Å²) in [6.07, 6.45) is 3.36. The molecule has 1 heterocycles. The fourth-order valence-electron chi connectivity index (χ4n) is 1.75. The van der Waals surface area contributed by atoms with Crippen LogP contribution in [0, 0.1) is 6.92 Å². The minimum Gasteiger partial charge on any atom is -0.326 e. The fraction of sp³-hybridized carbons (Fsp3) is 0.125. The molecule has 1 N–H and O–H groups in total. The Hall–Kier alpha value is -2.20. The summed E-state index contributed by atoms with van der Waals surface area (Å²) in [4.78, 5) is 25.3. The standard InChI is InChI=1S/C16H15NO2S/c1-11-6-7-15(20-11)8-9-16(19)13-4-3-5-14(10-13)17-12(2)18/h3-10H,1-2H3,(H,17,18)/b9-8+. The average Bonchev–Trinajstić information content (AvgIpc) is 2.81. The molecule has 2 rings (SSSR count). The van der Waals surface area contributed by atoms with Gasteiger partial charge < -0.3 is 5.32 Å². The van der Waals surface area contributed by atoms with Gasteiger partial charge in [-0.2, -0.15) is 0 Å². The van der Waals surface area contributed by atoms with Gasteiger partial charge in [-0.25, -0.2) is 0 Å². The van der Waals surface area contributed by atoms with Crippen molar-refractivity contribution in [2.45, 2.75) is 13.8 Å². The summed E-state index contributed by atoms with van der Waals surface area (Å²) in [7, 11) is 0. The highest BCUT2D eigenvalue weighted by molar-refractivity contribution is 7.12. The third kappa shape index (κ3) is 3.90. The van der Waals surface area contributed by atoms with Crippen LogP contribution in [0.1, 0.15) is 27.0 Å². The quantitative estimate of drug-likeness (QED) is 0.684. The number of hydrogen-bond donors (Lipinski definition) is 1. The van der Waals surface area contributed by atoms with Crippen molar-refractivity contribution in [3.05, 3.63) is 57.8 Å². The van der Waals surface area contributed by atoms with Crippen LogP contribution in [-0.4, -0.2) is 11.7 Å². The van der Waals surface area contributed by atoms with E-state index in [-0.39, 0.29) is 11.7 Å². The summed E-state index contributed by atoms with van der Waals surface area (Å²) in [6, 6.07) is 10.9. The number of allylic oxidation sites excluding steroid dienone is 1. The molecule has 0 unspecified atom stereocenters. The van der Waals surface area contributed by atoms with Crippen LogP contribution in [0.3, 0.4) is 0 Å². The molecule has 0 radical (unpaired) electrons. The highest BCUT2D eigenvalue weighted by atomic mass is 32.1. The predicted octanol–water partition coefficient (Wildman–Crippen LogP) is 3.91. The second kappa shape index (κ2) is 6.30. The van der Waals surface area contributed by atoms with Gasteiger partial charge in [0.15, 0.2) is 5.78 Å². The van der Waals surface area contributed by atoms with E-state index in [2.05, 4.69) is 5.32 Å². The normalized spacial score (nSPS) is 10.7. The smallest absolute Gasteiger partial charge is 0.221 e. The topological polar surface area (TPSA) is 46.2 Å². The fourth-order valence-corrected chi connectivity index (χ4v) is 2.53. The molecule has 0 bridgehead atoms. The molecule has 1 aromatic carbocycles. The molecule has 0 aliphatic heterocycles. The van der Waals surface area contributed by atoms with E-state index in [4.69, 9.17) is 0 Å². The number of thiophene rings is 1. The maximum atomic E-state index is 12.1. The number of nitrogens with one attached hydrogen (secondary N) is 1. The summed E-state index contributed by atoms with van der Waals surface area (Å²) in [5.74, 6) is -0.234. The van der Waals surface area contributed by atoms with Crippen molar-refractivity contribution in [2.24, 2.45) is 0 Å². The van der Waals surface area contributed by atoms with Crippen LogP contribution < -0.4 is 5.32 Å². The lowest BCUT2D eigenvalue weighted by Crippen LogP contribution is -2.06. The van der Waals surface area contributed by atoms with Gasteiger partial charge in [-0.3, -0.25) is 9.59 Å². The van der Waals surface area contributed by atoms with Crippen LogP contribution >= 0.6 is 11.3 Å². The van der Waals surface area contributed by atoms with Crippen molar-refractivity contribution >= 4 is 34.8 Å². The molecule has 20 heavy (non-hydrogen) atoms. The largest absolute Gasteiger partial charge is 0.326 e. The highest BCUT2D eigenvalue weighted by Gasteiger charge is 2.04. The first-order valence-electron chi connectivity index (χ1n) is 6.21. The molecule has 0 fully saturated rings. The maximum Gasteiger partial charge on any atom is 0.221 e. The third-order valence-corrected chi connectivity index (χ3v) is 3.59. The van der Waals surface area contributed by atoms with E-state index in [0.717, 1.165) is 4.88 Å². The Morgan fingerprint density at radius 1 is 1.20 bits per heavy atom. The lowest BCUT2D eigenvalue weighted by molar-refractivity contribution is -0.114. The SMILES string of the molecule is CC(=O)Nc1cccc(C(=O)/C=C/c2ccc(C)s2)c1. The van der Waals surface area contributed by atoms with Crippen LogP contribution in [-0.2, 0) is 4.79 Å². The van der Waals surface area contributed by atoms with Crippen molar-refractivity contribution in [3.63, 3.8) is 0 Å². The van der Waals surface area contributed by atoms with Gasteiger partial charge in [0.1, 0.15) is 0 Å². The number of carbonyl (C=O) groups is 2. The van der Waals surface area contributed by atoms with E-state index in [1.807, 2.05) is 25.1 Å². The highest BCUT2D eigenvalue weighted by Crippen LogP contribution is 2.17.